The van der Waals surface area contributed by atoms with Gasteiger partial charge in [-0.1, -0.05) is 36.0 Å². The topological polar surface area (TPSA) is 43.1 Å². The van der Waals surface area contributed by atoms with Crippen LogP contribution >= 0.6 is 11.8 Å². The summed E-state index contributed by atoms with van der Waals surface area (Å²) in [7, 11) is 0. The van der Waals surface area contributed by atoms with Crippen molar-refractivity contribution in [2.75, 3.05) is 0 Å². The monoisotopic (exact) mass is 350 g/mol. The Bertz CT molecular complexity index is 1030. The third-order valence-corrected chi connectivity index (χ3v) is 4.95. The van der Waals surface area contributed by atoms with Crippen molar-refractivity contribution in [2.24, 2.45) is 0 Å². The third kappa shape index (κ3) is 3.25. The highest BCUT2D eigenvalue weighted by Crippen LogP contribution is 2.24. The number of halogens is 1. The zero-order valence-electron chi connectivity index (χ0n) is 13.6. The Kier molecular flexibility index (Phi) is 4.19. The van der Waals surface area contributed by atoms with E-state index in [0.29, 0.717) is 11.5 Å². The number of aromatic nitrogens is 4. The summed E-state index contributed by atoms with van der Waals surface area (Å²) in [6.07, 6.45) is 0. The van der Waals surface area contributed by atoms with E-state index in [0.717, 1.165) is 16.3 Å². The van der Waals surface area contributed by atoms with Crippen molar-refractivity contribution in [3.8, 4) is 11.4 Å². The van der Waals surface area contributed by atoms with Crippen LogP contribution in [0.1, 0.15) is 11.1 Å². The largest absolute Gasteiger partial charge is 0.207 e. The second-order valence-corrected chi connectivity index (χ2v) is 6.68. The van der Waals surface area contributed by atoms with Crippen molar-refractivity contribution < 1.29 is 4.39 Å². The molecule has 4 rings (SSSR count). The van der Waals surface area contributed by atoms with Crippen LogP contribution in [0.2, 0.25) is 0 Å². The fourth-order valence-electron chi connectivity index (χ4n) is 2.55. The maximum atomic E-state index is 13.1. The molecule has 0 radical (unpaired) electrons. The number of nitrogens with zero attached hydrogens (tertiary/aromatic N) is 4. The zero-order valence-corrected chi connectivity index (χ0v) is 14.4. The lowest BCUT2D eigenvalue weighted by Gasteiger charge is -2.05. The van der Waals surface area contributed by atoms with Gasteiger partial charge in [0.2, 0.25) is 0 Å². The van der Waals surface area contributed by atoms with Crippen LogP contribution in [-0.2, 0) is 5.75 Å². The van der Waals surface area contributed by atoms with Gasteiger partial charge in [0.15, 0.2) is 11.5 Å². The number of rotatable bonds is 4. The average molecular weight is 350 g/mol. The lowest BCUT2D eigenvalue weighted by atomic mass is 10.1. The van der Waals surface area contributed by atoms with Crippen LogP contribution in [0.4, 0.5) is 4.39 Å². The molecule has 2 aromatic heterocycles. The van der Waals surface area contributed by atoms with Gasteiger partial charge in [0, 0.05) is 11.3 Å². The lowest BCUT2D eigenvalue weighted by molar-refractivity contribution is 0.628. The molecule has 0 unspecified atom stereocenters. The number of aryl methyl sites for hydroxylation is 1. The average Bonchev–Trinajstić information content (AvgIpc) is 3.05. The first-order chi connectivity index (χ1) is 12.2. The normalized spacial score (nSPS) is 11.1. The molecule has 0 aliphatic heterocycles. The van der Waals surface area contributed by atoms with Gasteiger partial charge in [0.1, 0.15) is 10.8 Å². The Balaban J connectivity index is 1.64. The highest BCUT2D eigenvalue weighted by molar-refractivity contribution is 7.98. The van der Waals surface area contributed by atoms with Crippen LogP contribution in [0.25, 0.3) is 17.0 Å². The summed E-state index contributed by atoms with van der Waals surface area (Å²) in [6, 6.07) is 18.4. The van der Waals surface area contributed by atoms with Crippen LogP contribution in [0.3, 0.4) is 0 Å². The number of thioether (sulfide) groups is 1. The molecule has 2 heterocycles. The molecule has 4 aromatic rings. The Morgan fingerprint density at radius 2 is 1.76 bits per heavy atom. The van der Waals surface area contributed by atoms with Gasteiger partial charge >= 0.3 is 0 Å². The standard InChI is InChI=1S/C19H15FN4S/c1-13-4-2-3-5-15(13)12-25-18-11-10-17-21-22-19(24(17)23-18)14-6-8-16(20)9-7-14/h2-11H,12H2,1H3. The molecular formula is C19H15FN4S. The predicted molar refractivity (Wildman–Crippen MR) is 96.9 cm³/mol. The van der Waals surface area contributed by atoms with Crippen LogP contribution in [0.5, 0.6) is 0 Å². The molecule has 0 bridgehead atoms. The molecule has 0 spiro atoms. The van der Waals surface area contributed by atoms with E-state index < -0.39 is 0 Å². The van der Waals surface area contributed by atoms with Crippen molar-refractivity contribution >= 4 is 17.4 Å². The molecule has 25 heavy (non-hydrogen) atoms. The maximum Gasteiger partial charge on any atom is 0.185 e. The Morgan fingerprint density at radius 1 is 0.960 bits per heavy atom. The quantitative estimate of drug-likeness (QED) is 0.507. The van der Waals surface area contributed by atoms with Gasteiger partial charge in [-0.2, -0.15) is 9.61 Å². The Morgan fingerprint density at radius 3 is 2.56 bits per heavy atom. The summed E-state index contributed by atoms with van der Waals surface area (Å²) in [5, 5.41) is 13.9. The van der Waals surface area contributed by atoms with Crippen molar-refractivity contribution in [3.63, 3.8) is 0 Å². The minimum absolute atomic E-state index is 0.278. The summed E-state index contributed by atoms with van der Waals surface area (Å²) >= 11 is 1.66. The Labute approximate surface area is 148 Å². The molecule has 0 N–H and O–H groups in total. The molecule has 4 nitrogen and oxygen atoms in total. The van der Waals surface area contributed by atoms with Gasteiger partial charge in [0.25, 0.3) is 0 Å². The molecule has 0 fully saturated rings. The van der Waals surface area contributed by atoms with Crippen molar-refractivity contribution in [1.29, 1.82) is 0 Å². The number of benzene rings is 2. The molecule has 2 aromatic carbocycles. The summed E-state index contributed by atoms with van der Waals surface area (Å²) in [5.74, 6) is 1.17. The first kappa shape index (κ1) is 15.8. The predicted octanol–water partition coefficient (Wildman–Crippen LogP) is 4.53. The van der Waals surface area contributed by atoms with Crippen LogP contribution in [0, 0.1) is 12.7 Å². The molecule has 6 heteroatoms. The van der Waals surface area contributed by atoms with Crippen molar-refractivity contribution in [1.82, 2.24) is 19.8 Å². The maximum absolute atomic E-state index is 13.1. The summed E-state index contributed by atoms with van der Waals surface area (Å²) in [6.45, 7) is 2.11. The number of hydrogen-bond acceptors (Lipinski definition) is 4. The zero-order chi connectivity index (χ0) is 17.2. The van der Waals surface area contributed by atoms with E-state index >= 15 is 0 Å². The van der Waals surface area contributed by atoms with E-state index in [4.69, 9.17) is 0 Å². The summed E-state index contributed by atoms with van der Waals surface area (Å²) in [5.41, 5.74) is 4.01. The fraction of sp³-hybridized carbons (Fsp3) is 0.105. The minimum Gasteiger partial charge on any atom is -0.207 e. The van der Waals surface area contributed by atoms with Gasteiger partial charge in [-0.25, -0.2) is 4.39 Å². The molecule has 0 aliphatic rings. The van der Waals surface area contributed by atoms with Crippen LogP contribution in [0.15, 0.2) is 65.7 Å². The van der Waals surface area contributed by atoms with E-state index in [1.54, 1.807) is 28.4 Å². The first-order valence-electron chi connectivity index (χ1n) is 7.86. The number of fused-ring (bicyclic) bond motifs is 1. The van der Waals surface area contributed by atoms with E-state index in [1.807, 2.05) is 24.3 Å². The summed E-state index contributed by atoms with van der Waals surface area (Å²) in [4.78, 5) is 0. The third-order valence-electron chi connectivity index (χ3n) is 3.98. The fourth-order valence-corrected chi connectivity index (χ4v) is 3.48. The van der Waals surface area contributed by atoms with Gasteiger partial charge < -0.3 is 0 Å². The molecule has 0 atom stereocenters. The molecule has 0 saturated heterocycles. The highest BCUT2D eigenvalue weighted by Gasteiger charge is 2.10. The van der Waals surface area contributed by atoms with Crippen molar-refractivity contribution in [2.45, 2.75) is 17.7 Å². The van der Waals surface area contributed by atoms with Crippen molar-refractivity contribution in [3.05, 3.63) is 77.6 Å². The lowest BCUT2D eigenvalue weighted by Crippen LogP contribution is -1.97. The van der Waals surface area contributed by atoms with E-state index in [-0.39, 0.29) is 5.82 Å². The highest BCUT2D eigenvalue weighted by atomic mass is 32.2. The molecule has 0 amide bonds. The Hall–Kier alpha value is -2.73. The molecule has 0 saturated carbocycles. The molecule has 0 aliphatic carbocycles. The van der Waals surface area contributed by atoms with Gasteiger partial charge in [0.05, 0.1) is 0 Å². The van der Waals surface area contributed by atoms with Crippen LogP contribution in [-0.4, -0.2) is 19.8 Å². The minimum atomic E-state index is -0.278. The van der Waals surface area contributed by atoms with Crippen LogP contribution < -0.4 is 0 Å². The van der Waals surface area contributed by atoms with Gasteiger partial charge in [-0.3, -0.25) is 0 Å². The second-order valence-electron chi connectivity index (χ2n) is 5.69. The SMILES string of the molecule is Cc1ccccc1CSc1ccc2nnc(-c3ccc(F)cc3)n2n1. The van der Waals surface area contributed by atoms with Gasteiger partial charge in [-0.15, -0.1) is 10.2 Å². The number of hydrogen-bond donors (Lipinski definition) is 0. The van der Waals surface area contributed by atoms with E-state index in [1.165, 1.54) is 23.3 Å². The first-order valence-corrected chi connectivity index (χ1v) is 8.85. The van der Waals surface area contributed by atoms with Gasteiger partial charge in [-0.05, 0) is 54.4 Å². The summed E-state index contributed by atoms with van der Waals surface area (Å²) < 4.78 is 14.8. The smallest absolute Gasteiger partial charge is 0.185 e. The molecular weight excluding hydrogens is 335 g/mol. The van der Waals surface area contributed by atoms with E-state index in [2.05, 4.69) is 34.4 Å². The second kappa shape index (κ2) is 6.64. The van der Waals surface area contributed by atoms with E-state index in [9.17, 15) is 4.39 Å². The molecule has 124 valence electrons.